The highest BCUT2D eigenvalue weighted by Gasteiger charge is 2.16. The number of nitrogens with two attached hydrogens (primary N) is 1. The van der Waals surface area contributed by atoms with Gasteiger partial charge in [-0.1, -0.05) is 6.92 Å². The van der Waals surface area contributed by atoms with Gasteiger partial charge >= 0.3 is 0 Å². The zero-order valence-electron chi connectivity index (χ0n) is 10.9. The minimum Gasteiger partial charge on any atom is -0.349 e. The molecule has 0 aliphatic rings. The van der Waals surface area contributed by atoms with E-state index in [1.165, 1.54) is 0 Å². The van der Waals surface area contributed by atoms with E-state index in [0.29, 0.717) is 6.42 Å². The monoisotopic (exact) mass is 255 g/mol. The molecule has 0 saturated heterocycles. The molecule has 0 fully saturated rings. The molecule has 3 N–H and O–H groups in total. The summed E-state index contributed by atoms with van der Waals surface area (Å²) in [6.45, 7) is 7.91. The summed E-state index contributed by atoms with van der Waals surface area (Å²) in [6.07, 6.45) is 1.21. The van der Waals surface area contributed by atoms with Crippen molar-refractivity contribution in [3.63, 3.8) is 0 Å². The van der Waals surface area contributed by atoms with Crippen LogP contribution >= 0.6 is 11.3 Å². The predicted octanol–water partition coefficient (Wildman–Crippen LogP) is 2.06. The van der Waals surface area contributed by atoms with Crippen LogP contribution in [0.3, 0.4) is 0 Å². The fourth-order valence-corrected chi connectivity index (χ4v) is 2.63. The lowest BCUT2D eigenvalue weighted by molar-refractivity contribution is -0.122. The lowest BCUT2D eigenvalue weighted by Crippen LogP contribution is -2.32. The molecule has 0 aromatic carbocycles. The summed E-state index contributed by atoms with van der Waals surface area (Å²) in [5, 5.41) is 4.00. The Morgan fingerprint density at radius 3 is 2.65 bits per heavy atom. The van der Waals surface area contributed by atoms with Gasteiger partial charge in [-0.25, -0.2) is 4.98 Å². The topological polar surface area (TPSA) is 68.0 Å². The molecule has 96 valence electrons. The van der Waals surface area contributed by atoms with Gasteiger partial charge in [0.25, 0.3) is 0 Å². The van der Waals surface area contributed by atoms with Gasteiger partial charge in [0.05, 0.1) is 16.7 Å². The minimum absolute atomic E-state index is 0.0114. The largest absolute Gasteiger partial charge is 0.349 e. The molecule has 2 unspecified atom stereocenters. The number of aryl methyl sites for hydroxylation is 2. The van der Waals surface area contributed by atoms with Gasteiger partial charge in [-0.3, -0.25) is 4.79 Å². The van der Waals surface area contributed by atoms with Crippen molar-refractivity contribution < 1.29 is 4.79 Å². The SMILES string of the molecule is CCC(N)CC(=O)NC(C)c1sc(C)nc1C. The van der Waals surface area contributed by atoms with Crippen LogP contribution in [0.15, 0.2) is 0 Å². The zero-order chi connectivity index (χ0) is 13.0. The van der Waals surface area contributed by atoms with E-state index in [4.69, 9.17) is 5.73 Å². The van der Waals surface area contributed by atoms with Gasteiger partial charge in [0.1, 0.15) is 0 Å². The third-order valence-corrected chi connectivity index (χ3v) is 3.94. The van der Waals surface area contributed by atoms with E-state index in [2.05, 4.69) is 10.3 Å². The van der Waals surface area contributed by atoms with E-state index in [1.807, 2.05) is 27.7 Å². The molecule has 0 aliphatic heterocycles. The van der Waals surface area contributed by atoms with Gasteiger partial charge < -0.3 is 11.1 Å². The van der Waals surface area contributed by atoms with Crippen molar-refractivity contribution in [2.45, 2.75) is 52.6 Å². The molecule has 1 amide bonds. The summed E-state index contributed by atoms with van der Waals surface area (Å²) in [4.78, 5) is 17.2. The first-order valence-electron chi connectivity index (χ1n) is 5.92. The lowest BCUT2D eigenvalue weighted by Gasteiger charge is -2.14. The fourth-order valence-electron chi connectivity index (χ4n) is 1.70. The van der Waals surface area contributed by atoms with Crippen molar-refractivity contribution in [3.05, 3.63) is 15.6 Å². The Hall–Kier alpha value is -0.940. The van der Waals surface area contributed by atoms with Crippen LogP contribution in [0.1, 0.15) is 48.3 Å². The van der Waals surface area contributed by atoms with Crippen molar-refractivity contribution in [2.75, 3.05) is 0 Å². The average molecular weight is 255 g/mol. The summed E-state index contributed by atoms with van der Waals surface area (Å²) in [5.74, 6) is 0.0114. The van der Waals surface area contributed by atoms with E-state index < -0.39 is 0 Å². The molecule has 1 heterocycles. The number of amides is 1. The van der Waals surface area contributed by atoms with Crippen LogP contribution in [-0.4, -0.2) is 16.9 Å². The highest BCUT2D eigenvalue weighted by Crippen LogP contribution is 2.24. The maximum Gasteiger partial charge on any atom is 0.222 e. The average Bonchev–Trinajstić information content (AvgIpc) is 2.57. The number of hydrogen-bond donors (Lipinski definition) is 2. The zero-order valence-corrected chi connectivity index (χ0v) is 11.7. The number of rotatable bonds is 5. The minimum atomic E-state index is -0.0495. The molecule has 4 nitrogen and oxygen atoms in total. The summed E-state index contributed by atoms with van der Waals surface area (Å²) in [6, 6.07) is -0.0377. The Morgan fingerprint density at radius 2 is 2.18 bits per heavy atom. The highest BCUT2D eigenvalue weighted by molar-refractivity contribution is 7.11. The number of nitrogens with one attached hydrogen (secondary N) is 1. The third-order valence-electron chi connectivity index (χ3n) is 2.68. The van der Waals surface area contributed by atoms with Crippen molar-refractivity contribution in [2.24, 2.45) is 5.73 Å². The molecule has 0 aliphatic carbocycles. The summed E-state index contributed by atoms with van der Waals surface area (Å²) in [5.41, 5.74) is 6.75. The molecule has 1 aromatic rings. The number of aromatic nitrogens is 1. The molecule has 1 aromatic heterocycles. The van der Waals surface area contributed by atoms with Crippen molar-refractivity contribution >= 4 is 17.2 Å². The van der Waals surface area contributed by atoms with Crippen molar-refractivity contribution in [1.29, 1.82) is 0 Å². The van der Waals surface area contributed by atoms with Crippen molar-refractivity contribution in [1.82, 2.24) is 10.3 Å². The molecule has 17 heavy (non-hydrogen) atoms. The van der Waals surface area contributed by atoms with Crippen LogP contribution in [0.4, 0.5) is 0 Å². The Morgan fingerprint density at radius 1 is 1.53 bits per heavy atom. The standard InChI is InChI=1S/C12H21N3OS/c1-5-10(13)6-11(16)15-8(3)12-7(2)14-9(4)17-12/h8,10H,5-6,13H2,1-4H3,(H,15,16). The van der Waals surface area contributed by atoms with Crippen molar-refractivity contribution in [3.8, 4) is 0 Å². The first-order chi connectivity index (χ1) is 7.93. The molecule has 5 heteroatoms. The Labute approximate surface area is 107 Å². The summed E-state index contributed by atoms with van der Waals surface area (Å²) < 4.78 is 0. The van der Waals surface area contributed by atoms with Gasteiger partial charge in [0.15, 0.2) is 0 Å². The molecule has 0 saturated carbocycles. The number of carbonyl (C=O) groups is 1. The Kier molecular flexibility index (Phi) is 5.08. The van der Waals surface area contributed by atoms with Gasteiger partial charge in [-0.2, -0.15) is 0 Å². The van der Waals surface area contributed by atoms with Gasteiger partial charge in [-0.05, 0) is 27.2 Å². The van der Waals surface area contributed by atoms with Crippen LogP contribution in [0.2, 0.25) is 0 Å². The molecular weight excluding hydrogens is 234 g/mol. The number of carbonyl (C=O) groups excluding carboxylic acids is 1. The molecular formula is C12H21N3OS. The summed E-state index contributed by atoms with van der Waals surface area (Å²) in [7, 11) is 0. The predicted molar refractivity (Wildman–Crippen MR) is 71.0 cm³/mol. The van der Waals surface area contributed by atoms with E-state index >= 15 is 0 Å². The van der Waals surface area contributed by atoms with E-state index in [-0.39, 0.29) is 18.0 Å². The third kappa shape index (κ3) is 4.09. The molecule has 0 spiro atoms. The normalized spacial score (nSPS) is 14.4. The summed E-state index contributed by atoms with van der Waals surface area (Å²) >= 11 is 1.63. The highest BCUT2D eigenvalue weighted by atomic mass is 32.1. The first kappa shape index (κ1) is 14.1. The van der Waals surface area contributed by atoms with Crippen LogP contribution in [-0.2, 0) is 4.79 Å². The number of hydrogen-bond acceptors (Lipinski definition) is 4. The van der Waals surface area contributed by atoms with E-state index in [1.54, 1.807) is 11.3 Å². The van der Waals surface area contributed by atoms with E-state index in [0.717, 1.165) is 22.0 Å². The van der Waals surface area contributed by atoms with Crippen LogP contribution in [0.25, 0.3) is 0 Å². The second-order valence-corrected chi connectivity index (χ2v) is 5.58. The number of thiazole rings is 1. The van der Waals surface area contributed by atoms with E-state index in [9.17, 15) is 4.79 Å². The molecule has 0 bridgehead atoms. The lowest BCUT2D eigenvalue weighted by atomic mass is 10.1. The van der Waals surface area contributed by atoms with Gasteiger partial charge in [-0.15, -0.1) is 11.3 Å². The fraction of sp³-hybridized carbons (Fsp3) is 0.667. The Bertz CT molecular complexity index is 389. The molecule has 0 radical (unpaired) electrons. The quantitative estimate of drug-likeness (QED) is 0.846. The first-order valence-corrected chi connectivity index (χ1v) is 6.74. The smallest absolute Gasteiger partial charge is 0.222 e. The Balaban J connectivity index is 2.57. The maximum atomic E-state index is 11.7. The molecule has 1 rings (SSSR count). The second kappa shape index (κ2) is 6.12. The second-order valence-electron chi connectivity index (χ2n) is 4.34. The number of nitrogens with zero attached hydrogens (tertiary/aromatic N) is 1. The van der Waals surface area contributed by atoms with Gasteiger partial charge in [0, 0.05) is 17.3 Å². The van der Waals surface area contributed by atoms with Gasteiger partial charge in [0.2, 0.25) is 5.91 Å². The van der Waals surface area contributed by atoms with Crippen LogP contribution in [0.5, 0.6) is 0 Å². The van der Waals surface area contributed by atoms with Crippen LogP contribution < -0.4 is 11.1 Å². The molecule has 2 atom stereocenters. The van der Waals surface area contributed by atoms with Crippen LogP contribution in [0, 0.1) is 13.8 Å². The maximum absolute atomic E-state index is 11.7.